The van der Waals surface area contributed by atoms with E-state index in [-0.39, 0.29) is 6.67 Å². The third-order valence-corrected chi connectivity index (χ3v) is 3.80. The second-order valence-electron chi connectivity index (χ2n) is 3.45. The predicted molar refractivity (Wildman–Crippen MR) is 77.3 cm³/mol. The van der Waals surface area contributed by atoms with Crippen LogP contribution in [0.1, 0.15) is 0 Å². The number of rotatable bonds is 3. The first-order valence-electron chi connectivity index (χ1n) is 4.84. The summed E-state index contributed by atoms with van der Waals surface area (Å²) in [7, 11) is 0. The molecule has 0 aromatic heterocycles. The lowest BCUT2D eigenvalue weighted by Gasteiger charge is -2.19. The average molecular weight is 365 g/mol. The Morgan fingerprint density at radius 1 is 1.37 bits per heavy atom. The molecule has 1 aliphatic rings. The zero-order chi connectivity index (χ0) is 14.2. The molecular formula is C9H6Cl4FN3OS. The van der Waals surface area contributed by atoms with Crippen molar-refractivity contribution in [2.75, 3.05) is 11.6 Å². The van der Waals surface area contributed by atoms with Crippen LogP contribution in [0.2, 0.25) is 10.0 Å². The van der Waals surface area contributed by atoms with Gasteiger partial charge in [-0.3, -0.25) is 4.90 Å². The topological polar surface area (TPSA) is 35.6 Å². The van der Waals surface area contributed by atoms with Crippen LogP contribution in [0.3, 0.4) is 0 Å². The zero-order valence-electron chi connectivity index (χ0n) is 9.04. The molecule has 10 heteroatoms. The standard InChI is InChI=1S/C9H6Cl4FN3OS/c10-5-1-2-7(6(11)3-5)16-4-15-17(8(16)18)19-9(12,13)14/h1-3,15H,4H2. The number of halogens is 5. The summed E-state index contributed by atoms with van der Waals surface area (Å²) in [6, 6.07) is 4.14. The van der Waals surface area contributed by atoms with Gasteiger partial charge in [-0.2, -0.15) is 14.2 Å². The smallest absolute Gasteiger partial charge is 0.276 e. The molecule has 1 aliphatic heterocycles. The molecule has 0 saturated carbocycles. The van der Waals surface area contributed by atoms with Crippen LogP contribution in [-0.4, -0.2) is 21.0 Å². The molecule has 19 heavy (non-hydrogen) atoms. The zero-order valence-corrected chi connectivity index (χ0v) is 12.9. The molecule has 0 bridgehead atoms. The number of hydrazine groups is 1. The molecule has 2 rings (SSSR count). The van der Waals surface area contributed by atoms with Gasteiger partial charge >= 0.3 is 9.95 Å². The van der Waals surface area contributed by atoms with Crippen LogP contribution < -0.4 is 10.3 Å². The van der Waals surface area contributed by atoms with Gasteiger partial charge in [-0.05, 0) is 18.2 Å². The van der Waals surface area contributed by atoms with Crippen molar-refractivity contribution in [2.24, 2.45) is 0 Å². The third kappa shape index (κ3) is 3.71. The SMILES string of the molecule is O=C1N(SC(F)(Cl)Cl)NCN1c1ccc(Cl)cc1Cl. The molecule has 0 aliphatic carbocycles. The Bertz CT molecular complexity index is 513. The van der Waals surface area contributed by atoms with Crippen molar-refractivity contribution < 1.29 is 9.18 Å². The number of carbonyl (C=O) groups is 1. The lowest BCUT2D eigenvalue weighted by Crippen LogP contribution is -2.31. The molecule has 1 aromatic rings. The summed E-state index contributed by atoms with van der Waals surface area (Å²) in [5.74, 6) is 0. The first kappa shape index (κ1) is 15.3. The maximum Gasteiger partial charge on any atom is 0.350 e. The minimum atomic E-state index is -2.61. The van der Waals surface area contributed by atoms with Gasteiger partial charge in [0.25, 0.3) is 0 Å². The van der Waals surface area contributed by atoms with Gasteiger partial charge in [0.2, 0.25) is 0 Å². The lowest BCUT2D eigenvalue weighted by atomic mass is 10.3. The molecule has 1 aromatic carbocycles. The first-order chi connectivity index (χ1) is 8.78. The van der Waals surface area contributed by atoms with Gasteiger partial charge in [0, 0.05) is 17.0 Å². The van der Waals surface area contributed by atoms with Crippen molar-refractivity contribution in [3.63, 3.8) is 0 Å². The van der Waals surface area contributed by atoms with Crippen LogP contribution in [0.25, 0.3) is 0 Å². The summed E-state index contributed by atoms with van der Waals surface area (Å²) in [5.41, 5.74) is 3.07. The summed E-state index contributed by atoms with van der Waals surface area (Å²) in [5, 5.41) is 0.752. The van der Waals surface area contributed by atoms with Crippen LogP contribution in [0.5, 0.6) is 0 Å². The number of benzene rings is 1. The molecule has 1 N–H and O–H groups in total. The first-order valence-corrected chi connectivity index (χ1v) is 7.12. The fourth-order valence-corrected chi connectivity index (χ4v) is 2.87. The van der Waals surface area contributed by atoms with Gasteiger partial charge in [-0.1, -0.05) is 46.4 Å². The van der Waals surface area contributed by atoms with E-state index in [4.69, 9.17) is 46.4 Å². The summed E-state index contributed by atoms with van der Waals surface area (Å²) in [4.78, 5) is 13.3. The Morgan fingerprint density at radius 2 is 2.05 bits per heavy atom. The molecule has 1 fully saturated rings. The Morgan fingerprint density at radius 3 is 2.63 bits per heavy atom. The number of nitrogens with one attached hydrogen (secondary N) is 1. The van der Waals surface area contributed by atoms with Crippen LogP contribution in [-0.2, 0) is 0 Å². The number of carbonyl (C=O) groups excluding carboxylic acids is 1. The van der Waals surface area contributed by atoms with E-state index >= 15 is 0 Å². The van der Waals surface area contributed by atoms with E-state index in [1.807, 2.05) is 0 Å². The van der Waals surface area contributed by atoms with Crippen molar-refractivity contribution >= 4 is 70.1 Å². The van der Waals surface area contributed by atoms with E-state index < -0.39 is 9.95 Å². The predicted octanol–water partition coefficient (Wildman–Crippen LogP) is 4.40. The number of nitrogens with zero attached hydrogens (tertiary/aromatic N) is 2. The van der Waals surface area contributed by atoms with E-state index in [0.717, 1.165) is 4.41 Å². The van der Waals surface area contributed by atoms with Gasteiger partial charge in [0.1, 0.15) is 0 Å². The molecule has 1 heterocycles. The quantitative estimate of drug-likeness (QED) is 0.637. The molecule has 0 unspecified atom stereocenters. The largest absolute Gasteiger partial charge is 0.350 e. The third-order valence-electron chi connectivity index (χ3n) is 2.17. The van der Waals surface area contributed by atoms with E-state index in [9.17, 15) is 9.18 Å². The van der Waals surface area contributed by atoms with Crippen molar-refractivity contribution in [3.8, 4) is 0 Å². The maximum atomic E-state index is 13.1. The van der Waals surface area contributed by atoms with Gasteiger partial charge in [0.05, 0.1) is 17.4 Å². The van der Waals surface area contributed by atoms with E-state index in [2.05, 4.69) is 5.43 Å². The monoisotopic (exact) mass is 363 g/mol. The van der Waals surface area contributed by atoms with Crippen molar-refractivity contribution in [1.29, 1.82) is 0 Å². The molecule has 2 amide bonds. The number of anilines is 1. The van der Waals surface area contributed by atoms with Gasteiger partial charge in [-0.25, -0.2) is 4.79 Å². The van der Waals surface area contributed by atoms with E-state index in [1.54, 1.807) is 12.1 Å². The number of amides is 2. The second kappa shape index (κ2) is 5.71. The van der Waals surface area contributed by atoms with Crippen molar-refractivity contribution in [1.82, 2.24) is 9.84 Å². The van der Waals surface area contributed by atoms with Crippen LogP contribution in [0.15, 0.2) is 18.2 Å². The molecule has 0 spiro atoms. The summed E-state index contributed by atoms with van der Waals surface area (Å²) in [6.07, 6.45) is 0. The Balaban J connectivity index is 2.18. The molecule has 0 atom stereocenters. The minimum Gasteiger partial charge on any atom is -0.276 e. The summed E-state index contributed by atoms with van der Waals surface area (Å²) in [6.45, 7) is 0.108. The molecular weight excluding hydrogens is 359 g/mol. The number of hydrogen-bond acceptors (Lipinski definition) is 3. The fraction of sp³-hybridized carbons (Fsp3) is 0.222. The second-order valence-corrected chi connectivity index (χ2v) is 7.09. The fourth-order valence-electron chi connectivity index (χ4n) is 1.44. The maximum absolute atomic E-state index is 13.1. The molecule has 0 radical (unpaired) electrons. The number of hydrogen-bond donors (Lipinski definition) is 1. The minimum absolute atomic E-state index is 0.108. The van der Waals surface area contributed by atoms with Crippen LogP contribution >= 0.6 is 58.4 Å². The van der Waals surface area contributed by atoms with E-state index in [0.29, 0.717) is 27.7 Å². The molecule has 4 nitrogen and oxygen atoms in total. The highest BCUT2D eigenvalue weighted by molar-refractivity contribution is 8.01. The number of alkyl halides is 3. The Hall–Kier alpha value is -0.110. The van der Waals surface area contributed by atoms with Crippen LogP contribution in [0, 0.1) is 0 Å². The van der Waals surface area contributed by atoms with Crippen molar-refractivity contribution in [2.45, 2.75) is 3.92 Å². The van der Waals surface area contributed by atoms with E-state index in [1.165, 1.54) is 11.0 Å². The summed E-state index contributed by atoms with van der Waals surface area (Å²) >= 11 is 22.5. The highest BCUT2D eigenvalue weighted by Gasteiger charge is 2.38. The lowest BCUT2D eigenvalue weighted by molar-refractivity contribution is 0.235. The average Bonchev–Trinajstić information content (AvgIpc) is 2.59. The summed E-state index contributed by atoms with van der Waals surface area (Å²) < 4.78 is 11.4. The van der Waals surface area contributed by atoms with Crippen LogP contribution in [0.4, 0.5) is 14.9 Å². The Kier molecular flexibility index (Phi) is 4.59. The highest BCUT2D eigenvalue weighted by atomic mass is 35.5. The van der Waals surface area contributed by atoms with Gasteiger partial charge in [0.15, 0.2) is 0 Å². The van der Waals surface area contributed by atoms with Gasteiger partial charge < -0.3 is 0 Å². The normalized spacial score (nSPS) is 16.4. The Labute approximate surface area is 132 Å². The molecule has 1 saturated heterocycles. The number of urea groups is 1. The van der Waals surface area contributed by atoms with Crippen molar-refractivity contribution in [3.05, 3.63) is 28.2 Å². The van der Waals surface area contributed by atoms with Gasteiger partial charge in [-0.15, -0.1) is 0 Å². The highest BCUT2D eigenvalue weighted by Crippen LogP contribution is 2.40. The molecule has 104 valence electrons.